The van der Waals surface area contributed by atoms with E-state index in [4.69, 9.17) is 23.2 Å². The quantitative estimate of drug-likeness (QED) is 0.765. The van der Waals surface area contributed by atoms with Crippen molar-refractivity contribution < 1.29 is 4.79 Å². The van der Waals surface area contributed by atoms with Crippen LogP contribution in [-0.4, -0.2) is 17.4 Å². The molecule has 1 heterocycles. The van der Waals surface area contributed by atoms with Crippen LogP contribution in [0.5, 0.6) is 0 Å². The second kappa shape index (κ2) is 7.50. The minimum absolute atomic E-state index is 0.138. The number of aromatic nitrogens is 1. The largest absolute Gasteiger partial charge is 0.352 e. The maximum Gasteiger partial charge on any atom is 0.253 e. The number of benzene rings is 1. The first-order valence-corrected chi connectivity index (χ1v) is 8.93. The summed E-state index contributed by atoms with van der Waals surface area (Å²) in [5.74, 6) is 0.605. The molecule has 0 spiro atoms. The van der Waals surface area contributed by atoms with Crippen molar-refractivity contribution in [3.8, 4) is 0 Å². The van der Waals surface area contributed by atoms with E-state index in [1.807, 2.05) is 0 Å². The van der Waals surface area contributed by atoms with Gasteiger partial charge in [0.15, 0.2) is 0 Å². The number of hydrogen-bond donors (Lipinski definition) is 1. The number of hydrogen-bond acceptors (Lipinski definition) is 2. The Hall–Kier alpha value is -1.32. The van der Waals surface area contributed by atoms with E-state index in [0.717, 1.165) is 17.7 Å². The Morgan fingerprint density at radius 3 is 2.70 bits per heavy atom. The fourth-order valence-corrected chi connectivity index (χ4v) is 3.74. The van der Waals surface area contributed by atoms with Gasteiger partial charge in [0, 0.05) is 11.9 Å². The third kappa shape index (κ3) is 3.96. The van der Waals surface area contributed by atoms with Gasteiger partial charge in [0.05, 0.1) is 16.1 Å². The Balaban J connectivity index is 1.71. The summed E-state index contributed by atoms with van der Waals surface area (Å²) in [5.41, 5.74) is 1.16. The van der Waals surface area contributed by atoms with Crippen molar-refractivity contribution in [3.05, 3.63) is 40.0 Å². The number of fused-ring (bicyclic) bond motifs is 1. The molecule has 0 bridgehead atoms. The number of carbonyl (C=O) groups is 1. The van der Waals surface area contributed by atoms with Crippen molar-refractivity contribution in [2.75, 3.05) is 6.54 Å². The van der Waals surface area contributed by atoms with E-state index in [2.05, 4.69) is 10.3 Å². The second-order valence-electron chi connectivity index (χ2n) is 6.17. The van der Waals surface area contributed by atoms with Crippen molar-refractivity contribution in [2.45, 2.75) is 38.5 Å². The smallest absolute Gasteiger partial charge is 0.253 e. The summed E-state index contributed by atoms with van der Waals surface area (Å²) in [6.45, 7) is 0.692. The third-order valence-electron chi connectivity index (χ3n) is 4.58. The highest BCUT2D eigenvalue weighted by molar-refractivity contribution is 6.35. The second-order valence-corrected chi connectivity index (χ2v) is 6.97. The van der Waals surface area contributed by atoms with E-state index in [9.17, 15) is 4.79 Å². The Labute approximate surface area is 146 Å². The summed E-state index contributed by atoms with van der Waals surface area (Å²) in [5, 5.41) is 4.59. The van der Waals surface area contributed by atoms with Crippen LogP contribution in [0.4, 0.5) is 0 Å². The highest BCUT2D eigenvalue weighted by atomic mass is 35.5. The Morgan fingerprint density at radius 2 is 1.91 bits per heavy atom. The Bertz CT molecular complexity index is 711. The summed E-state index contributed by atoms with van der Waals surface area (Å²) < 4.78 is 0. The lowest BCUT2D eigenvalue weighted by Gasteiger charge is -2.21. The average Bonchev–Trinajstić information content (AvgIpc) is 2.56. The molecule has 1 amide bonds. The van der Waals surface area contributed by atoms with Gasteiger partial charge < -0.3 is 5.32 Å². The Kier molecular flexibility index (Phi) is 5.39. The van der Waals surface area contributed by atoms with Gasteiger partial charge in [-0.3, -0.25) is 4.79 Å². The van der Waals surface area contributed by atoms with Crippen LogP contribution in [0.25, 0.3) is 10.9 Å². The van der Waals surface area contributed by atoms with Gasteiger partial charge in [-0.25, -0.2) is 4.98 Å². The number of rotatable bonds is 4. The van der Waals surface area contributed by atoms with Crippen LogP contribution in [0.3, 0.4) is 0 Å². The van der Waals surface area contributed by atoms with Crippen LogP contribution < -0.4 is 5.32 Å². The minimum atomic E-state index is -0.138. The molecule has 1 N–H and O–H groups in total. The van der Waals surface area contributed by atoms with Crippen LogP contribution in [0.2, 0.25) is 10.2 Å². The summed E-state index contributed by atoms with van der Waals surface area (Å²) in [4.78, 5) is 16.8. The first kappa shape index (κ1) is 16.5. The SMILES string of the molecule is O=C(NCCC1CCCCC1)c1c(Cl)ccc2nc(Cl)ccc12. The maximum absolute atomic E-state index is 12.5. The van der Waals surface area contributed by atoms with Crippen molar-refractivity contribution >= 4 is 40.0 Å². The molecule has 1 aromatic heterocycles. The van der Waals surface area contributed by atoms with Crippen LogP contribution in [0, 0.1) is 5.92 Å². The van der Waals surface area contributed by atoms with Crippen LogP contribution in [0.1, 0.15) is 48.9 Å². The van der Waals surface area contributed by atoms with E-state index < -0.39 is 0 Å². The summed E-state index contributed by atoms with van der Waals surface area (Å²) >= 11 is 12.2. The normalized spacial score (nSPS) is 15.7. The number of amides is 1. The van der Waals surface area contributed by atoms with Crippen LogP contribution >= 0.6 is 23.2 Å². The lowest BCUT2D eigenvalue weighted by atomic mass is 9.87. The molecule has 3 nitrogen and oxygen atoms in total. The molecular formula is C18H20Cl2N2O. The van der Waals surface area contributed by atoms with E-state index in [1.165, 1.54) is 32.1 Å². The minimum Gasteiger partial charge on any atom is -0.352 e. The topological polar surface area (TPSA) is 42.0 Å². The zero-order chi connectivity index (χ0) is 16.2. The molecule has 2 aromatic rings. The molecule has 1 fully saturated rings. The van der Waals surface area contributed by atoms with E-state index >= 15 is 0 Å². The number of nitrogens with zero attached hydrogens (tertiary/aromatic N) is 1. The molecule has 3 rings (SSSR count). The highest BCUT2D eigenvalue weighted by Crippen LogP contribution is 2.27. The van der Waals surface area contributed by atoms with Gasteiger partial charge in [-0.05, 0) is 36.6 Å². The lowest BCUT2D eigenvalue weighted by molar-refractivity contribution is 0.0952. The average molecular weight is 351 g/mol. The van der Waals surface area contributed by atoms with E-state index in [1.54, 1.807) is 24.3 Å². The molecule has 0 unspecified atom stereocenters. The molecule has 5 heteroatoms. The van der Waals surface area contributed by atoms with Gasteiger partial charge >= 0.3 is 0 Å². The molecule has 0 radical (unpaired) electrons. The zero-order valence-electron chi connectivity index (χ0n) is 12.9. The van der Waals surface area contributed by atoms with Gasteiger partial charge in [-0.2, -0.15) is 0 Å². The molecule has 23 heavy (non-hydrogen) atoms. The van der Waals surface area contributed by atoms with Crippen LogP contribution in [0.15, 0.2) is 24.3 Å². The fourth-order valence-electron chi connectivity index (χ4n) is 3.34. The predicted molar refractivity (Wildman–Crippen MR) is 95.3 cm³/mol. The Morgan fingerprint density at radius 1 is 1.13 bits per heavy atom. The molecule has 0 saturated heterocycles. The molecule has 122 valence electrons. The molecular weight excluding hydrogens is 331 g/mol. The van der Waals surface area contributed by atoms with Crippen molar-refractivity contribution in [1.29, 1.82) is 0 Å². The molecule has 0 atom stereocenters. The predicted octanol–water partition coefficient (Wildman–Crippen LogP) is 5.24. The first-order valence-electron chi connectivity index (χ1n) is 8.18. The maximum atomic E-state index is 12.5. The lowest BCUT2D eigenvalue weighted by Crippen LogP contribution is -2.27. The van der Waals surface area contributed by atoms with E-state index in [0.29, 0.717) is 27.8 Å². The zero-order valence-corrected chi connectivity index (χ0v) is 14.5. The summed E-state index contributed by atoms with van der Waals surface area (Å²) in [7, 11) is 0. The van der Waals surface area contributed by atoms with Gasteiger partial charge in [0.1, 0.15) is 5.15 Å². The van der Waals surface area contributed by atoms with Gasteiger partial charge in [0.25, 0.3) is 5.91 Å². The van der Waals surface area contributed by atoms with E-state index in [-0.39, 0.29) is 5.91 Å². The monoisotopic (exact) mass is 350 g/mol. The van der Waals surface area contributed by atoms with Gasteiger partial charge in [-0.15, -0.1) is 0 Å². The third-order valence-corrected chi connectivity index (χ3v) is 5.10. The summed E-state index contributed by atoms with van der Waals surface area (Å²) in [6, 6.07) is 6.96. The van der Waals surface area contributed by atoms with Crippen molar-refractivity contribution in [3.63, 3.8) is 0 Å². The highest BCUT2D eigenvalue weighted by Gasteiger charge is 2.17. The van der Waals surface area contributed by atoms with Crippen molar-refractivity contribution in [1.82, 2.24) is 10.3 Å². The number of pyridine rings is 1. The standard InChI is InChI=1S/C18H20Cl2N2O/c19-14-7-8-15-13(6-9-16(20)22-15)17(14)18(23)21-11-10-12-4-2-1-3-5-12/h6-9,12H,1-5,10-11H2,(H,21,23). The first-order chi connectivity index (χ1) is 11.1. The summed E-state index contributed by atoms with van der Waals surface area (Å²) in [6.07, 6.45) is 7.60. The fraction of sp³-hybridized carbons (Fsp3) is 0.444. The molecule has 1 aromatic carbocycles. The van der Waals surface area contributed by atoms with Gasteiger partial charge in [0.2, 0.25) is 0 Å². The molecule has 1 aliphatic carbocycles. The van der Waals surface area contributed by atoms with Gasteiger partial charge in [-0.1, -0.05) is 55.3 Å². The number of nitrogens with one attached hydrogen (secondary N) is 1. The molecule has 1 saturated carbocycles. The van der Waals surface area contributed by atoms with Crippen molar-refractivity contribution in [2.24, 2.45) is 5.92 Å². The molecule has 0 aliphatic heterocycles. The number of halogens is 2. The molecule has 1 aliphatic rings. The van der Waals surface area contributed by atoms with Crippen LogP contribution in [-0.2, 0) is 0 Å². The number of carbonyl (C=O) groups excluding carboxylic acids is 1.